The van der Waals surface area contributed by atoms with E-state index in [-0.39, 0.29) is 24.6 Å². The molecule has 0 aromatic carbocycles. The van der Waals surface area contributed by atoms with E-state index in [9.17, 15) is 14.9 Å². The fourth-order valence-electron chi connectivity index (χ4n) is 1.42. The van der Waals surface area contributed by atoms with E-state index in [4.69, 9.17) is 4.52 Å². The van der Waals surface area contributed by atoms with Crippen molar-refractivity contribution in [2.45, 2.75) is 19.9 Å². The lowest BCUT2D eigenvalue weighted by Gasteiger charge is -2.01. The molecule has 0 spiro atoms. The molecule has 0 unspecified atom stereocenters. The molecule has 9 heteroatoms. The molecule has 19 heavy (non-hydrogen) atoms. The highest BCUT2D eigenvalue weighted by molar-refractivity contribution is 5.89. The summed E-state index contributed by atoms with van der Waals surface area (Å²) in [5.41, 5.74) is -0.104. The first kappa shape index (κ1) is 12.7. The standard InChI is InChI=1S/C10H11N5O4/c1-7-4-9(13-19-7)12-10(16)2-3-14-6-8(5-11-14)15(17)18/h4-6H,2-3H2,1H3,(H,12,13,16). The molecule has 0 aliphatic carbocycles. The first-order chi connectivity index (χ1) is 9.04. The number of aryl methyl sites for hydroxylation is 2. The molecule has 0 radical (unpaired) electrons. The summed E-state index contributed by atoms with van der Waals surface area (Å²) in [4.78, 5) is 21.5. The van der Waals surface area contributed by atoms with Crippen LogP contribution in [0.1, 0.15) is 12.2 Å². The summed E-state index contributed by atoms with van der Waals surface area (Å²) in [6.07, 6.45) is 2.54. The molecule has 1 N–H and O–H groups in total. The molecule has 0 atom stereocenters. The largest absolute Gasteiger partial charge is 0.360 e. The molecule has 0 aliphatic rings. The molecule has 2 rings (SSSR count). The summed E-state index contributed by atoms with van der Waals surface area (Å²) in [6, 6.07) is 1.59. The number of carbonyl (C=O) groups is 1. The molecule has 100 valence electrons. The van der Waals surface area contributed by atoms with Crippen LogP contribution in [-0.4, -0.2) is 25.8 Å². The minimum atomic E-state index is -0.540. The highest BCUT2D eigenvalue weighted by atomic mass is 16.6. The second-order valence-electron chi connectivity index (χ2n) is 3.84. The second kappa shape index (κ2) is 5.29. The Hall–Kier alpha value is -2.71. The average molecular weight is 265 g/mol. The van der Waals surface area contributed by atoms with Crippen LogP contribution < -0.4 is 5.32 Å². The number of rotatable bonds is 5. The summed E-state index contributed by atoms with van der Waals surface area (Å²) in [5, 5.41) is 20.4. The van der Waals surface area contributed by atoms with Crippen LogP contribution >= 0.6 is 0 Å². The quantitative estimate of drug-likeness (QED) is 0.639. The molecule has 1 amide bonds. The SMILES string of the molecule is Cc1cc(NC(=O)CCn2cc([N+](=O)[O-])cn2)no1. The van der Waals surface area contributed by atoms with E-state index in [0.717, 1.165) is 6.20 Å². The van der Waals surface area contributed by atoms with Crippen molar-refractivity contribution in [3.8, 4) is 0 Å². The molecule has 0 aliphatic heterocycles. The van der Waals surface area contributed by atoms with Crippen LogP contribution in [0.5, 0.6) is 0 Å². The number of nitro groups is 1. The van der Waals surface area contributed by atoms with Gasteiger partial charge in [0.05, 0.1) is 4.92 Å². The van der Waals surface area contributed by atoms with Crippen LogP contribution in [0.25, 0.3) is 0 Å². The van der Waals surface area contributed by atoms with Gasteiger partial charge in [0.1, 0.15) is 18.2 Å². The second-order valence-corrected chi connectivity index (χ2v) is 3.84. The smallest absolute Gasteiger partial charge is 0.306 e. The van der Waals surface area contributed by atoms with Crippen molar-refractivity contribution in [2.24, 2.45) is 0 Å². The lowest BCUT2D eigenvalue weighted by Crippen LogP contribution is -2.14. The highest BCUT2D eigenvalue weighted by Crippen LogP contribution is 2.09. The zero-order valence-corrected chi connectivity index (χ0v) is 10.1. The van der Waals surface area contributed by atoms with E-state index in [2.05, 4.69) is 15.6 Å². The van der Waals surface area contributed by atoms with Gasteiger partial charge in [-0.05, 0) is 6.92 Å². The van der Waals surface area contributed by atoms with Crippen LogP contribution in [0, 0.1) is 17.0 Å². The first-order valence-corrected chi connectivity index (χ1v) is 5.44. The van der Waals surface area contributed by atoms with Crippen LogP contribution in [-0.2, 0) is 11.3 Å². The van der Waals surface area contributed by atoms with Crippen molar-refractivity contribution < 1.29 is 14.2 Å². The number of nitrogens with one attached hydrogen (secondary N) is 1. The van der Waals surface area contributed by atoms with Gasteiger partial charge in [-0.25, -0.2) is 0 Å². The Morgan fingerprint density at radius 3 is 3.00 bits per heavy atom. The zero-order valence-electron chi connectivity index (χ0n) is 10.1. The summed E-state index contributed by atoms with van der Waals surface area (Å²) < 4.78 is 6.14. The lowest BCUT2D eigenvalue weighted by molar-refractivity contribution is -0.385. The molecule has 2 aromatic heterocycles. The molecule has 0 saturated carbocycles. The minimum Gasteiger partial charge on any atom is -0.360 e. The molecule has 2 aromatic rings. The molecule has 0 bridgehead atoms. The molecule has 2 heterocycles. The van der Waals surface area contributed by atoms with E-state index < -0.39 is 4.92 Å². The van der Waals surface area contributed by atoms with Gasteiger partial charge in [0.15, 0.2) is 5.82 Å². The fraction of sp³-hybridized carbons (Fsp3) is 0.300. The minimum absolute atomic E-state index is 0.104. The van der Waals surface area contributed by atoms with Gasteiger partial charge in [-0.2, -0.15) is 5.10 Å². The third-order valence-electron chi connectivity index (χ3n) is 2.29. The number of carbonyl (C=O) groups excluding carboxylic acids is 1. The van der Waals surface area contributed by atoms with Gasteiger partial charge in [-0.15, -0.1) is 0 Å². The number of aromatic nitrogens is 3. The Balaban J connectivity index is 1.84. The van der Waals surface area contributed by atoms with Gasteiger partial charge in [0.2, 0.25) is 5.91 Å². The van der Waals surface area contributed by atoms with E-state index in [1.165, 1.54) is 10.9 Å². The van der Waals surface area contributed by atoms with Crippen molar-refractivity contribution in [3.63, 3.8) is 0 Å². The van der Waals surface area contributed by atoms with Gasteiger partial charge in [0, 0.05) is 19.0 Å². The lowest BCUT2D eigenvalue weighted by atomic mass is 10.4. The van der Waals surface area contributed by atoms with E-state index >= 15 is 0 Å². The van der Waals surface area contributed by atoms with Crippen molar-refractivity contribution in [1.82, 2.24) is 14.9 Å². The Morgan fingerprint density at radius 2 is 2.42 bits per heavy atom. The van der Waals surface area contributed by atoms with Gasteiger partial charge in [-0.1, -0.05) is 5.16 Å². The van der Waals surface area contributed by atoms with Gasteiger partial charge >= 0.3 is 5.69 Å². The Kier molecular flexibility index (Phi) is 3.55. The maximum atomic E-state index is 11.6. The Morgan fingerprint density at radius 1 is 1.63 bits per heavy atom. The summed E-state index contributed by atoms with van der Waals surface area (Å²) >= 11 is 0. The number of anilines is 1. The first-order valence-electron chi connectivity index (χ1n) is 5.44. The predicted octanol–water partition coefficient (Wildman–Crippen LogP) is 1.12. The van der Waals surface area contributed by atoms with Crippen molar-refractivity contribution in [1.29, 1.82) is 0 Å². The maximum absolute atomic E-state index is 11.6. The molecular formula is C10H11N5O4. The van der Waals surface area contributed by atoms with Crippen molar-refractivity contribution in [3.05, 3.63) is 34.3 Å². The normalized spacial score (nSPS) is 10.4. The van der Waals surface area contributed by atoms with Crippen molar-refractivity contribution in [2.75, 3.05) is 5.32 Å². The van der Waals surface area contributed by atoms with Crippen molar-refractivity contribution >= 4 is 17.4 Å². The predicted molar refractivity (Wildman–Crippen MR) is 63.4 cm³/mol. The van der Waals surface area contributed by atoms with E-state index in [1.807, 2.05) is 0 Å². The van der Waals surface area contributed by atoms with Crippen LogP contribution in [0.2, 0.25) is 0 Å². The van der Waals surface area contributed by atoms with Gasteiger partial charge < -0.3 is 9.84 Å². The molecule has 0 saturated heterocycles. The monoisotopic (exact) mass is 265 g/mol. The fourth-order valence-corrected chi connectivity index (χ4v) is 1.42. The number of hydrogen-bond donors (Lipinski definition) is 1. The average Bonchev–Trinajstić information content (AvgIpc) is 2.96. The number of amides is 1. The topological polar surface area (TPSA) is 116 Å². The summed E-state index contributed by atoms with van der Waals surface area (Å²) in [6.45, 7) is 1.96. The Labute approximate surface area is 107 Å². The molecule has 0 fully saturated rings. The van der Waals surface area contributed by atoms with E-state index in [0.29, 0.717) is 11.6 Å². The third kappa shape index (κ3) is 3.37. The molecule has 9 nitrogen and oxygen atoms in total. The van der Waals surface area contributed by atoms with Crippen LogP contribution in [0.15, 0.2) is 23.0 Å². The van der Waals surface area contributed by atoms with Gasteiger partial charge in [0.25, 0.3) is 0 Å². The van der Waals surface area contributed by atoms with Crippen LogP contribution in [0.4, 0.5) is 11.5 Å². The zero-order chi connectivity index (χ0) is 13.8. The Bertz CT molecular complexity index is 603. The maximum Gasteiger partial charge on any atom is 0.306 e. The van der Waals surface area contributed by atoms with E-state index in [1.54, 1.807) is 13.0 Å². The number of hydrogen-bond acceptors (Lipinski definition) is 6. The van der Waals surface area contributed by atoms with Crippen LogP contribution in [0.3, 0.4) is 0 Å². The third-order valence-corrected chi connectivity index (χ3v) is 2.29. The highest BCUT2D eigenvalue weighted by Gasteiger charge is 2.10. The van der Waals surface area contributed by atoms with Gasteiger partial charge in [-0.3, -0.25) is 19.6 Å². The number of nitrogens with zero attached hydrogens (tertiary/aromatic N) is 4. The summed E-state index contributed by atoms with van der Waals surface area (Å²) in [5.74, 6) is 0.665. The summed E-state index contributed by atoms with van der Waals surface area (Å²) in [7, 11) is 0. The molecular weight excluding hydrogens is 254 g/mol.